The van der Waals surface area contributed by atoms with Crippen LogP contribution < -0.4 is 10.5 Å². The van der Waals surface area contributed by atoms with Crippen molar-refractivity contribution in [3.63, 3.8) is 0 Å². The van der Waals surface area contributed by atoms with E-state index in [1.807, 2.05) is 0 Å². The van der Waals surface area contributed by atoms with Crippen molar-refractivity contribution in [1.29, 1.82) is 0 Å². The Labute approximate surface area is 97.4 Å². The molecule has 2 aromatic rings. The first kappa shape index (κ1) is 10.8. The summed E-state index contributed by atoms with van der Waals surface area (Å²) >= 11 is 5.74. The molecule has 0 aliphatic carbocycles. The van der Waals surface area contributed by atoms with Crippen LogP contribution in [-0.4, -0.2) is 0 Å². The highest BCUT2D eigenvalue weighted by molar-refractivity contribution is 6.30. The lowest BCUT2D eigenvalue weighted by atomic mass is 10.3. The molecule has 0 aliphatic heterocycles. The van der Waals surface area contributed by atoms with Crippen molar-refractivity contribution in [3.05, 3.63) is 53.3 Å². The van der Waals surface area contributed by atoms with E-state index < -0.39 is 0 Å². The second-order valence-corrected chi connectivity index (χ2v) is 3.67. The van der Waals surface area contributed by atoms with Gasteiger partial charge >= 0.3 is 0 Å². The summed E-state index contributed by atoms with van der Waals surface area (Å²) < 4.78 is 18.3. The van der Waals surface area contributed by atoms with Crippen LogP contribution in [0.5, 0.6) is 11.5 Å². The molecule has 0 aromatic heterocycles. The Kier molecular flexibility index (Phi) is 2.97. The molecular weight excluding hydrogens is 229 g/mol. The molecule has 2 rings (SSSR count). The van der Waals surface area contributed by atoms with Crippen LogP contribution in [-0.2, 0) is 0 Å². The first-order valence-electron chi connectivity index (χ1n) is 4.63. The van der Waals surface area contributed by atoms with Gasteiger partial charge in [0.1, 0.15) is 11.6 Å². The van der Waals surface area contributed by atoms with Crippen molar-refractivity contribution in [2.75, 3.05) is 5.73 Å². The minimum atomic E-state index is -0.388. The van der Waals surface area contributed by atoms with Gasteiger partial charge in [0.05, 0.1) is 5.69 Å². The Hall–Kier alpha value is -1.74. The fourth-order valence-electron chi connectivity index (χ4n) is 1.24. The summed E-state index contributed by atoms with van der Waals surface area (Å²) in [6.45, 7) is 0. The van der Waals surface area contributed by atoms with Gasteiger partial charge in [0.15, 0.2) is 5.75 Å². The van der Waals surface area contributed by atoms with Crippen molar-refractivity contribution in [1.82, 2.24) is 0 Å². The second kappa shape index (κ2) is 4.41. The lowest BCUT2D eigenvalue weighted by Crippen LogP contribution is -1.92. The van der Waals surface area contributed by atoms with Gasteiger partial charge in [0.2, 0.25) is 0 Å². The number of benzene rings is 2. The van der Waals surface area contributed by atoms with Gasteiger partial charge < -0.3 is 10.5 Å². The Balaban J connectivity index is 2.23. The summed E-state index contributed by atoms with van der Waals surface area (Å²) in [4.78, 5) is 0. The summed E-state index contributed by atoms with van der Waals surface area (Å²) in [5, 5.41) is 0.624. The summed E-state index contributed by atoms with van der Waals surface area (Å²) in [6.07, 6.45) is 0. The first-order chi connectivity index (χ1) is 7.65. The zero-order chi connectivity index (χ0) is 11.5. The molecule has 2 nitrogen and oxygen atoms in total. The van der Waals surface area contributed by atoms with Crippen molar-refractivity contribution in [3.8, 4) is 11.5 Å². The second-order valence-electron chi connectivity index (χ2n) is 3.24. The summed E-state index contributed by atoms with van der Waals surface area (Å²) in [5.41, 5.74) is 5.87. The Morgan fingerprint density at radius 2 is 1.75 bits per heavy atom. The number of hydrogen-bond acceptors (Lipinski definition) is 2. The lowest BCUT2D eigenvalue weighted by Gasteiger charge is -2.08. The van der Waals surface area contributed by atoms with E-state index >= 15 is 0 Å². The van der Waals surface area contributed by atoms with Crippen LogP contribution in [0.4, 0.5) is 10.1 Å². The van der Waals surface area contributed by atoms with Crippen molar-refractivity contribution in [2.45, 2.75) is 0 Å². The maximum atomic E-state index is 12.8. The molecule has 4 heteroatoms. The van der Waals surface area contributed by atoms with E-state index in [2.05, 4.69) is 0 Å². The zero-order valence-corrected chi connectivity index (χ0v) is 9.04. The molecule has 82 valence electrons. The maximum Gasteiger partial charge on any atom is 0.150 e. The fraction of sp³-hybridized carbons (Fsp3) is 0. The highest BCUT2D eigenvalue weighted by Crippen LogP contribution is 2.28. The third kappa shape index (κ3) is 2.44. The molecule has 2 N–H and O–H groups in total. The molecule has 0 aliphatic rings. The number of hydrogen-bond donors (Lipinski definition) is 1. The minimum absolute atomic E-state index is 0.259. The molecule has 0 amide bonds. The van der Waals surface area contributed by atoms with Crippen LogP contribution in [0.3, 0.4) is 0 Å². The Bertz CT molecular complexity index is 499. The SMILES string of the molecule is Nc1cc(F)ccc1Oc1ccc(Cl)cc1. The van der Waals surface area contributed by atoms with Gasteiger partial charge in [-0.25, -0.2) is 4.39 Å². The number of nitrogen functional groups attached to an aromatic ring is 1. The quantitative estimate of drug-likeness (QED) is 0.805. The van der Waals surface area contributed by atoms with E-state index in [1.54, 1.807) is 24.3 Å². The molecule has 0 saturated heterocycles. The number of halogens is 2. The molecule has 0 bridgehead atoms. The van der Waals surface area contributed by atoms with E-state index in [-0.39, 0.29) is 11.5 Å². The molecule has 0 fully saturated rings. The van der Waals surface area contributed by atoms with E-state index in [0.717, 1.165) is 0 Å². The van der Waals surface area contributed by atoms with Gasteiger partial charge in [-0.1, -0.05) is 11.6 Å². The van der Waals surface area contributed by atoms with Crippen LogP contribution >= 0.6 is 11.6 Å². The molecular formula is C12H9ClFNO. The fourth-order valence-corrected chi connectivity index (χ4v) is 1.37. The number of nitrogens with two attached hydrogens (primary N) is 1. The molecule has 0 saturated carbocycles. The van der Waals surface area contributed by atoms with E-state index in [9.17, 15) is 4.39 Å². The van der Waals surface area contributed by atoms with Gasteiger partial charge in [-0.15, -0.1) is 0 Å². The predicted molar refractivity (Wildman–Crippen MR) is 62.3 cm³/mol. The van der Waals surface area contributed by atoms with Gasteiger partial charge in [-0.2, -0.15) is 0 Å². The van der Waals surface area contributed by atoms with Gasteiger partial charge in [0, 0.05) is 11.1 Å². The third-order valence-corrected chi connectivity index (χ3v) is 2.27. The topological polar surface area (TPSA) is 35.2 Å². The van der Waals surface area contributed by atoms with Crippen molar-refractivity contribution in [2.24, 2.45) is 0 Å². The molecule has 0 radical (unpaired) electrons. The molecule has 0 atom stereocenters. The van der Waals surface area contributed by atoms with Crippen LogP contribution in [0.2, 0.25) is 5.02 Å². The first-order valence-corrected chi connectivity index (χ1v) is 5.01. The summed E-state index contributed by atoms with van der Waals surface area (Å²) in [6, 6.07) is 10.8. The lowest BCUT2D eigenvalue weighted by molar-refractivity contribution is 0.483. The van der Waals surface area contributed by atoms with Crippen LogP contribution in [0, 0.1) is 5.82 Å². The van der Waals surface area contributed by atoms with E-state index in [1.165, 1.54) is 18.2 Å². The summed E-state index contributed by atoms with van der Waals surface area (Å²) in [7, 11) is 0. The molecule has 0 heterocycles. The molecule has 0 spiro atoms. The highest BCUT2D eigenvalue weighted by atomic mass is 35.5. The monoisotopic (exact) mass is 237 g/mol. The largest absolute Gasteiger partial charge is 0.455 e. The number of anilines is 1. The molecule has 16 heavy (non-hydrogen) atoms. The molecule has 0 unspecified atom stereocenters. The number of rotatable bonds is 2. The predicted octanol–water partition coefficient (Wildman–Crippen LogP) is 3.85. The van der Waals surface area contributed by atoms with Crippen LogP contribution in [0.25, 0.3) is 0 Å². The van der Waals surface area contributed by atoms with E-state index in [4.69, 9.17) is 22.1 Å². The molecule has 2 aromatic carbocycles. The van der Waals surface area contributed by atoms with E-state index in [0.29, 0.717) is 16.5 Å². The van der Waals surface area contributed by atoms with Gasteiger partial charge in [-0.3, -0.25) is 0 Å². The Morgan fingerprint density at radius 1 is 1.06 bits per heavy atom. The minimum Gasteiger partial charge on any atom is -0.455 e. The Morgan fingerprint density at radius 3 is 2.38 bits per heavy atom. The van der Waals surface area contributed by atoms with Crippen molar-refractivity contribution >= 4 is 17.3 Å². The average Bonchev–Trinajstić information content (AvgIpc) is 2.25. The van der Waals surface area contributed by atoms with Gasteiger partial charge in [0.25, 0.3) is 0 Å². The van der Waals surface area contributed by atoms with Crippen LogP contribution in [0.15, 0.2) is 42.5 Å². The highest BCUT2D eigenvalue weighted by Gasteiger charge is 2.03. The normalized spacial score (nSPS) is 10.1. The smallest absolute Gasteiger partial charge is 0.150 e. The standard InChI is InChI=1S/C12H9ClFNO/c13-8-1-4-10(5-2-8)16-12-6-3-9(14)7-11(12)15/h1-7H,15H2. The summed E-state index contributed by atoms with van der Waals surface area (Å²) in [5.74, 6) is 0.632. The van der Waals surface area contributed by atoms with Crippen molar-refractivity contribution < 1.29 is 9.13 Å². The van der Waals surface area contributed by atoms with Gasteiger partial charge in [-0.05, 0) is 36.4 Å². The van der Waals surface area contributed by atoms with Crippen LogP contribution in [0.1, 0.15) is 0 Å². The third-order valence-electron chi connectivity index (χ3n) is 2.01. The zero-order valence-electron chi connectivity index (χ0n) is 8.28. The number of ether oxygens (including phenoxy) is 1. The maximum absolute atomic E-state index is 12.8. The average molecular weight is 238 g/mol.